The van der Waals surface area contributed by atoms with Gasteiger partial charge in [0.05, 0.1) is 6.10 Å². The first-order valence-electron chi connectivity index (χ1n) is 5.92. The number of hydrogen-bond donors (Lipinski definition) is 1. The van der Waals surface area contributed by atoms with Crippen molar-refractivity contribution >= 4 is 14.3 Å². The Labute approximate surface area is 110 Å². The average Bonchev–Trinajstić information content (AvgIpc) is 2.29. The van der Waals surface area contributed by atoms with E-state index in [1.54, 1.807) is 6.92 Å². The van der Waals surface area contributed by atoms with Gasteiger partial charge in [-0.2, -0.15) is 0 Å². The van der Waals surface area contributed by atoms with E-state index in [0.717, 1.165) is 5.75 Å². The van der Waals surface area contributed by atoms with E-state index in [0.29, 0.717) is 0 Å². The van der Waals surface area contributed by atoms with E-state index >= 15 is 0 Å². The van der Waals surface area contributed by atoms with E-state index in [4.69, 9.17) is 9.26 Å². The molecule has 0 radical (unpaired) electrons. The minimum Gasteiger partial charge on any atom is -0.462 e. The lowest BCUT2D eigenvalue weighted by Crippen LogP contribution is -2.34. The Balaban J connectivity index is 2.40. The van der Waals surface area contributed by atoms with Crippen molar-refractivity contribution in [1.29, 1.82) is 0 Å². The van der Waals surface area contributed by atoms with Gasteiger partial charge in [0.2, 0.25) is 0 Å². The number of esters is 1. The molecule has 0 heterocycles. The van der Waals surface area contributed by atoms with E-state index in [1.165, 1.54) is 0 Å². The van der Waals surface area contributed by atoms with Crippen LogP contribution in [0, 0.1) is 0 Å². The van der Waals surface area contributed by atoms with Crippen LogP contribution in [0.15, 0.2) is 30.3 Å². The smallest absolute Gasteiger partial charge is 0.323 e. The van der Waals surface area contributed by atoms with Crippen LogP contribution in [-0.2, 0) is 9.53 Å². The van der Waals surface area contributed by atoms with Crippen molar-refractivity contribution in [2.75, 3.05) is 6.66 Å². The third-order valence-electron chi connectivity index (χ3n) is 2.07. The van der Waals surface area contributed by atoms with Crippen LogP contribution in [0.4, 0.5) is 0 Å². The Kier molecular flexibility index (Phi) is 6.10. The molecule has 0 aromatic heterocycles. The van der Waals surface area contributed by atoms with Crippen molar-refractivity contribution in [3.63, 3.8) is 0 Å². The molecule has 0 saturated carbocycles. The van der Waals surface area contributed by atoms with Gasteiger partial charge < -0.3 is 9.26 Å². The summed E-state index contributed by atoms with van der Waals surface area (Å²) >= 11 is 0. The predicted molar refractivity (Wildman–Crippen MR) is 73.7 cm³/mol. The lowest BCUT2D eigenvalue weighted by molar-refractivity contribution is -0.148. The van der Waals surface area contributed by atoms with E-state index in [-0.39, 0.29) is 18.1 Å². The zero-order valence-electron chi connectivity index (χ0n) is 11.2. The van der Waals surface area contributed by atoms with Gasteiger partial charge >= 0.3 is 5.97 Å². The van der Waals surface area contributed by atoms with Crippen LogP contribution in [0.25, 0.3) is 0 Å². The van der Waals surface area contributed by atoms with Crippen molar-refractivity contribution in [3.8, 4) is 5.75 Å². The summed E-state index contributed by atoms with van der Waals surface area (Å²) in [5.74, 6) is 0.541. The molecule has 0 fully saturated rings. The molecule has 5 heteroatoms. The van der Waals surface area contributed by atoms with E-state index in [2.05, 4.69) is 5.09 Å². The number of carbonyl (C=O) groups excluding carboxylic acids is 1. The third-order valence-corrected chi connectivity index (χ3v) is 3.30. The van der Waals surface area contributed by atoms with Gasteiger partial charge in [-0.05, 0) is 32.9 Å². The minimum absolute atomic E-state index is 0.0973. The van der Waals surface area contributed by atoms with Crippen molar-refractivity contribution in [2.24, 2.45) is 0 Å². The largest absolute Gasteiger partial charge is 0.462 e. The molecule has 0 saturated heterocycles. The summed E-state index contributed by atoms with van der Waals surface area (Å²) < 4.78 is 10.8. The van der Waals surface area contributed by atoms with Gasteiger partial charge in [0.1, 0.15) is 11.8 Å². The molecule has 2 atom stereocenters. The molecule has 0 amide bonds. The van der Waals surface area contributed by atoms with Crippen molar-refractivity contribution in [1.82, 2.24) is 5.09 Å². The number of carbonyl (C=O) groups is 1. The van der Waals surface area contributed by atoms with Crippen LogP contribution in [0.5, 0.6) is 5.75 Å². The first-order valence-corrected chi connectivity index (χ1v) is 7.63. The Hall–Kier alpha value is -1.12. The van der Waals surface area contributed by atoms with Crippen LogP contribution >= 0.6 is 8.30 Å². The molecule has 1 N–H and O–H groups in total. The summed E-state index contributed by atoms with van der Waals surface area (Å²) in [5, 5.41) is 3.10. The van der Waals surface area contributed by atoms with Crippen LogP contribution < -0.4 is 9.61 Å². The highest BCUT2D eigenvalue weighted by atomic mass is 31.2. The Bertz CT molecular complexity index is 370. The van der Waals surface area contributed by atoms with Crippen LogP contribution in [-0.4, -0.2) is 24.8 Å². The summed E-state index contributed by atoms with van der Waals surface area (Å²) in [6.45, 7) is 7.36. The van der Waals surface area contributed by atoms with Gasteiger partial charge in [-0.3, -0.25) is 9.88 Å². The molecule has 0 aliphatic heterocycles. The Morgan fingerprint density at radius 2 is 1.83 bits per heavy atom. The average molecular weight is 269 g/mol. The summed E-state index contributed by atoms with van der Waals surface area (Å²) in [6, 6.07) is 9.16. The number of nitrogens with one attached hydrogen (secondary N) is 1. The summed E-state index contributed by atoms with van der Waals surface area (Å²) in [6.07, 6.45) is -0.0973. The van der Waals surface area contributed by atoms with E-state index < -0.39 is 8.30 Å². The molecule has 4 nitrogen and oxygen atoms in total. The molecular formula is C13H20NO3P. The highest BCUT2D eigenvalue weighted by molar-refractivity contribution is 7.49. The molecule has 1 aromatic rings. The van der Waals surface area contributed by atoms with Gasteiger partial charge in [-0.1, -0.05) is 18.2 Å². The fourth-order valence-corrected chi connectivity index (χ4v) is 2.47. The lowest BCUT2D eigenvalue weighted by Gasteiger charge is -2.20. The topological polar surface area (TPSA) is 47.6 Å². The SMILES string of the molecule is CC(C)OC(=O)[C@@H](C)N[P@](C)Oc1ccccc1. The predicted octanol–water partition coefficient (Wildman–Crippen LogP) is 2.94. The van der Waals surface area contributed by atoms with Gasteiger partial charge in [0.15, 0.2) is 8.30 Å². The lowest BCUT2D eigenvalue weighted by atomic mass is 10.3. The monoisotopic (exact) mass is 269 g/mol. The number of ether oxygens (including phenoxy) is 1. The Morgan fingerprint density at radius 1 is 1.22 bits per heavy atom. The number of hydrogen-bond acceptors (Lipinski definition) is 4. The summed E-state index contributed by atoms with van der Waals surface area (Å²) in [4.78, 5) is 11.6. The highest BCUT2D eigenvalue weighted by Crippen LogP contribution is 2.30. The molecule has 0 aliphatic carbocycles. The maximum atomic E-state index is 11.6. The molecule has 100 valence electrons. The molecule has 18 heavy (non-hydrogen) atoms. The van der Waals surface area contributed by atoms with Gasteiger partial charge in [0, 0.05) is 6.66 Å². The molecular weight excluding hydrogens is 249 g/mol. The van der Waals surface area contributed by atoms with Crippen LogP contribution in [0.1, 0.15) is 20.8 Å². The van der Waals surface area contributed by atoms with Crippen molar-refractivity contribution in [3.05, 3.63) is 30.3 Å². The van der Waals surface area contributed by atoms with Crippen molar-refractivity contribution in [2.45, 2.75) is 32.9 Å². The molecule has 0 spiro atoms. The molecule has 0 unspecified atom stereocenters. The highest BCUT2D eigenvalue weighted by Gasteiger charge is 2.18. The second-order valence-electron chi connectivity index (χ2n) is 4.24. The van der Waals surface area contributed by atoms with E-state index in [1.807, 2.05) is 50.8 Å². The third kappa shape index (κ3) is 5.48. The number of para-hydroxylation sites is 1. The normalized spacial score (nSPS) is 14.1. The minimum atomic E-state index is -0.905. The van der Waals surface area contributed by atoms with Gasteiger partial charge in [-0.25, -0.2) is 0 Å². The first kappa shape index (κ1) is 14.9. The standard InChI is InChI=1S/C13H20NO3P/c1-10(2)16-13(15)11(3)14-18(4)17-12-8-6-5-7-9-12/h5-11,14H,1-4H3/t11-,18+/m1/s1. The van der Waals surface area contributed by atoms with E-state index in [9.17, 15) is 4.79 Å². The van der Waals surface area contributed by atoms with Gasteiger partial charge in [0.25, 0.3) is 0 Å². The summed E-state index contributed by atoms with van der Waals surface area (Å²) in [5.41, 5.74) is 0. The second kappa shape index (κ2) is 7.34. The second-order valence-corrected chi connectivity index (χ2v) is 5.67. The zero-order chi connectivity index (χ0) is 13.5. The fourth-order valence-electron chi connectivity index (χ4n) is 1.33. The molecule has 0 bridgehead atoms. The molecule has 0 aliphatic rings. The quantitative estimate of drug-likeness (QED) is 0.637. The zero-order valence-corrected chi connectivity index (χ0v) is 12.1. The fraction of sp³-hybridized carbons (Fsp3) is 0.462. The van der Waals surface area contributed by atoms with Crippen LogP contribution in [0.3, 0.4) is 0 Å². The summed E-state index contributed by atoms with van der Waals surface area (Å²) in [7, 11) is -0.905. The first-order chi connectivity index (χ1) is 8.49. The van der Waals surface area contributed by atoms with Crippen LogP contribution in [0.2, 0.25) is 0 Å². The maximum absolute atomic E-state index is 11.6. The van der Waals surface area contributed by atoms with Crippen molar-refractivity contribution < 1.29 is 14.1 Å². The maximum Gasteiger partial charge on any atom is 0.323 e. The number of rotatable bonds is 6. The number of benzene rings is 1. The Morgan fingerprint density at radius 3 is 2.39 bits per heavy atom. The van der Waals surface area contributed by atoms with Gasteiger partial charge in [-0.15, -0.1) is 0 Å². The molecule has 1 rings (SSSR count). The molecule has 1 aromatic carbocycles.